The van der Waals surface area contributed by atoms with E-state index in [2.05, 4.69) is 0 Å². The zero-order valence-electron chi connectivity index (χ0n) is 9.44. The van der Waals surface area contributed by atoms with Crippen molar-refractivity contribution in [2.24, 2.45) is 0 Å². The van der Waals surface area contributed by atoms with Crippen LogP contribution in [-0.4, -0.2) is 30.1 Å². The number of aliphatic carboxylic acids is 1. The number of hydrogen-bond donors (Lipinski definition) is 1. The maximum Gasteiger partial charge on any atom is 0.329 e. The second kappa shape index (κ2) is 5.10. The molecule has 0 heterocycles. The van der Waals surface area contributed by atoms with Gasteiger partial charge in [-0.1, -0.05) is 12.1 Å². The van der Waals surface area contributed by atoms with Crippen molar-refractivity contribution in [3.63, 3.8) is 0 Å². The fourth-order valence-corrected chi connectivity index (χ4v) is 2.06. The van der Waals surface area contributed by atoms with Gasteiger partial charge in [-0.15, -0.1) is 0 Å². The van der Waals surface area contributed by atoms with Crippen LogP contribution in [0.5, 0.6) is 0 Å². The summed E-state index contributed by atoms with van der Waals surface area (Å²) >= 11 is 0. The molecule has 90 valence electrons. The van der Waals surface area contributed by atoms with Crippen LogP contribution >= 0.6 is 0 Å². The highest BCUT2D eigenvalue weighted by Gasteiger charge is 2.14. The molecule has 0 fully saturated rings. The molecule has 1 aliphatic carbocycles. The van der Waals surface area contributed by atoms with Crippen molar-refractivity contribution >= 4 is 11.8 Å². The maximum atomic E-state index is 11.7. The fourth-order valence-electron chi connectivity index (χ4n) is 2.06. The molecule has 4 heteroatoms. The summed E-state index contributed by atoms with van der Waals surface area (Å²) < 4.78 is 4.78. The van der Waals surface area contributed by atoms with Gasteiger partial charge in [-0.2, -0.15) is 0 Å². The summed E-state index contributed by atoms with van der Waals surface area (Å²) in [5.41, 5.74) is 3.15. The number of Topliss-reactive ketones (excluding diaryl/α,β-unsaturated/α-hetero) is 1. The van der Waals surface area contributed by atoms with Gasteiger partial charge in [0.25, 0.3) is 0 Å². The van der Waals surface area contributed by atoms with Crippen molar-refractivity contribution < 1.29 is 19.4 Å². The molecule has 0 saturated heterocycles. The molecule has 0 aromatic heterocycles. The van der Waals surface area contributed by atoms with Gasteiger partial charge in [-0.05, 0) is 36.5 Å². The van der Waals surface area contributed by atoms with Crippen molar-refractivity contribution in [1.29, 1.82) is 0 Å². The minimum atomic E-state index is -1.06. The van der Waals surface area contributed by atoms with E-state index in [-0.39, 0.29) is 12.4 Å². The molecule has 0 amide bonds. The predicted molar refractivity (Wildman–Crippen MR) is 61.3 cm³/mol. The molecule has 1 N–H and O–H groups in total. The SMILES string of the molecule is O=C(O)COCC(=O)c1ccc2c(c1)CCC2. The molecule has 4 nitrogen and oxygen atoms in total. The summed E-state index contributed by atoms with van der Waals surface area (Å²) in [5, 5.41) is 8.39. The number of rotatable bonds is 5. The van der Waals surface area contributed by atoms with E-state index >= 15 is 0 Å². The highest BCUT2D eigenvalue weighted by Crippen LogP contribution is 2.22. The van der Waals surface area contributed by atoms with Crippen LogP contribution in [0, 0.1) is 0 Å². The van der Waals surface area contributed by atoms with Gasteiger partial charge in [0, 0.05) is 5.56 Å². The Bertz CT molecular complexity index is 451. The Morgan fingerprint density at radius 3 is 2.71 bits per heavy atom. The van der Waals surface area contributed by atoms with Gasteiger partial charge in [-0.25, -0.2) is 4.79 Å². The zero-order chi connectivity index (χ0) is 12.3. The molecule has 0 unspecified atom stereocenters. The summed E-state index contributed by atoms with van der Waals surface area (Å²) in [6.45, 7) is -0.609. The van der Waals surface area contributed by atoms with Crippen LogP contribution in [0.3, 0.4) is 0 Å². The lowest BCUT2D eigenvalue weighted by atomic mass is 10.0. The van der Waals surface area contributed by atoms with E-state index in [1.807, 2.05) is 12.1 Å². The molecule has 1 aromatic carbocycles. The first kappa shape index (κ1) is 11.8. The second-order valence-electron chi connectivity index (χ2n) is 4.15. The van der Waals surface area contributed by atoms with E-state index in [0.29, 0.717) is 5.56 Å². The van der Waals surface area contributed by atoms with Crippen LogP contribution in [0.25, 0.3) is 0 Å². The number of hydrogen-bond acceptors (Lipinski definition) is 3. The molecular weight excluding hydrogens is 220 g/mol. The Morgan fingerprint density at radius 2 is 1.94 bits per heavy atom. The van der Waals surface area contributed by atoms with E-state index in [1.165, 1.54) is 11.1 Å². The molecule has 0 aliphatic heterocycles. The van der Waals surface area contributed by atoms with Gasteiger partial charge in [0.15, 0.2) is 5.78 Å². The van der Waals surface area contributed by atoms with Crippen LogP contribution in [0.4, 0.5) is 0 Å². The molecule has 2 rings (SSSR count). The fraction of sp³-hybridized carbons (Fsp3) is 0.385. The van der Waals surface area contributed by atoms with Crippen molar-refractivity contribution in [3.8, 4) is 0 Å². The third-order valence-electron chi connectivity index (χ3n) is 2.88. The van der Waals surface area contributed by atoms with Crippen LogP contribution in [-0.2, 0) is 22.4 Å². The summed E-state index contributed by atoms with van der Waals surface area (Å²) in [7, 11) is 0. The molecule has 17 heavy (non-hydrogen) atoms. The normalized spacial score (nSPS) is 13.4. The van der Waals surface area contributed by atoms with Gasteiger partial charge in [0.1, 0.15) is 13.2 Å². The van der Waals surface area contributed by atoms with Gasteiger partial charge >= 0.3 is 5.97 Å². The molecule has 0 atom stereocenters. The third-order valence-corrected chi connectivity index (χ3v) is 2.88. The van der Waals surface area contributed by atoms with Crippen molar-refractivity contribution in [3.05, 3.63) is 34.9 Å². The van der Waals surface area contributed by atoms with Gasteiger partial charge in [0.2, 0.25) is 0 Å². The standard InChI is InChI=1S/C13H14O4/c14-12(7-17-8-13(15)16)11-5-4-9-2-1-3-10(9)6-11/h4-6H,1-3,7-8H2,(H,15,16). The molecule has 0 bridgehead atoms. The van der Waals surface area contributed by atoms with Gasteiger partial charge < -0.3 is 9.84 Å². The summed E-state index contributed by atoms with van der Waals surface area (Å²) in [6, 6.07) is 5.66. The number of benzene rings is 1. The first-order chi connectivity index (χ1) is 8.16. The number of carboxylic acid groups (broad SMARTS) is 1. The van der Waals surface area contributed by atoms with E-state index in [0.717, 1.165) is 19.3 Å². The van der Waals surface area contributed by atoms with Gasteiger partial charge in [0.05, 0.1) is 0 Å². The summed E-state index contributed by atoms with van der Waals surface area (Å²) in [6.07, 6.45) is 3.24. The molecule has 0 radical (unpaired) electrons. The van der Waals surface area contributed by atoms with Crippen LogP contribution in [0.1, 0.15) is 27.9 Å². The topological polar surface area (TPSA) is 63.6 Å². The monoisotopic (exact) mass is 234 g/mol. The summed E-state index contributed by atoms with van der Waals surface area (Å²) in [5.74, 6) is -1.23. The highest BCUT2D eigenvalue weighted by atomic mass is 16.5. The van der Waals surface area contributed by atoms with E-state index in [4.69, 9.17) is 9.84 Å². The molecule has 0 saturated carbocycles. The second-order valence-corrected chi connectivity index (χ2v) is 4.15. The average molecular weight is 234 g/mol. The van der Waals surface area contributed by atoms with Crippen molar-refractivity contribution in [1.82, 2.24) is 0 Å². The Kier molecular flexibility index (Phi) is 3.54. The lowest BCUT2D eigenvalue weighted by Gasteiger charge is -2.04. The maximum absolute atomic E-state index is 11.7. The summed E-state index contributed by atoms with van der Waals surface area (Å²) in [4.78, 5) is 21.9. The highest BCUT2D eigenvalue weighted by molar-refractivity contribution is 5.97. The van der Waals surface area contributed by atoms with Gasteiger partial charge in [-0.3, -0.25) is 4.79 Å². The predicted octanol–water partition coefficient (Wildman–Crippen LogP) is 1.46. The number of carbonyl (C=O) groups excluding carboxylic acids is 1. The lowest BCUT2D eigenvalue weighted by molar-refractivity contribution is -0.141. The number of ketones is 1. The van der Waals surface area contributed by atoms with Crippen LogP contribution in [0.15, 0.2) is 18.2 Å². The Hall–Kier alpha value is -1.68. The first-order valence-corrected chi connectivity index (χ1v) is 5.61. The molecule has 1 aromatic rings. The minimum Gasteiger partial charge on any atom is -0.480 e. The first-order valence-electron chi connectivity index (χ1n) is 5.61. The lowest BCUT2D eigenvalue weighted by Crippen LogP contribution is -2.14. The van der Waals surface area contributed by atoms with Crippen LogP contribution < -0.4 is 0 Å². The zero-order valence-corrected chi connectivity index (χ0v) is 9.44. The van der Waals surface area contributed by atoms with E-state index in [9.17, 15) is 9.59 Å². The average Bonchev–Trinajstić information content (AvgIpc) is 2.75. The van der Waals surface area contributed by atoms with E-state index in [1.54, 1.807) is 6.07 Å². The number of ether oxygens (including phenoxy) is 1. The molecule has 1 aliphatic rings. The van der Waals surface area contributed by atoms with E-state index < -0.39 is 12.6 Å². The number of carboxylic acids is 1. The number of aryl methyl sites for hydroxylation is 2. The van der Waals surface area contributed by atoms with Crippen molar-refractivity contribution in [2.45, 2.75) is 19.3 Å². The largest absolute Gasteiger partial charge is 0.480 e. The Labute approximate surface area is 99.2 Å². The van der Waals surface area contributed by atoms with Crippen LogP contribution in [0.2, 0.25) is 0 Å². The van der Waals surface area contributed by atoms with Crippen molar-refractivity contribution in [2.75, 3.05) is 13.2 Å². The molecule has 0 spiro atoms. The Morgan fingerprint density at radius 1 is 1.18 bits per heavy atom. The smallest absolute Gasteiger partial charge is 0.329 e. The minimum absolute atomic E-state index is 0.166. The quantitative estimate of drug-likeness (QED) is 0.783. The third kappa shape index (κ3) is 2.91. The Balaban J connectivity index is 1.97. The number of carbonyl (C=O) groups is 2. The molecular formula is C13H14O4. The number of fused-ring (bicyclic) bond motifs is 1.